The van der Waals surface area contributed by atoms with Crippen LogP contribution in [0, 0.1) is 11.7 Å². The Morgan fingerprint density at radius 3 is 2.16 bits per heavy atom. The molecule has 0 bridgehead atoms. The first kappa shape index (κ1) is 24.6. The van der Waals surface area contributed by atoms with E-state index in [1.807, 2.05) is 6.07 Å². The number of nitrogens with one attached hydrogen (secondary N) is 4. The third kappa shape index (κ3) is 7.90. The monoisotopic (exact) mass is 444 g/mol. The van der Waals surface area contributed by atoms with Gasteiger partial charge in [-0.1, -0.05) is 32.0 Å². The van der Waals surface area contributed by atoms with E-state index in [2.05, 4.69) is 21.3 Å². The van der Waals surface area contributed by atoms with Gasteiger partial charge in [-0.25, -0.2) is 14.0 Å². The van der Waals surface area contributed by atoms with Crippen molar-refractivity contribution in [3.05, 3.63) is 54.3 Å². The van der Waals surface area contributed by atoms with Gasteiger partial charge in [-0.05, 0) is 57.0 Å². The van der Waals surface area contributed by atoms with E-state index < -0.39 is 35.5 Å². The molecule has 0 spiro atoms. The maximum Gasteiger partial charge on any atom is 0.412 e. The molecule has 2 aromatic carbocycles. The van der Waals surface area contributed by atoms with Crippen molar-refractivity contribution in [3.63, 3.8) is 0 Å². The normalized spacial score (nSPS) is 12.0. The molecule has 4 amide bonds. The zero-order chi connectivity index (χ0) is 23.9. The summed E-state index contributed by atoms with van der Waals surface area (Å²) >= 11 is 0. The average Bonchev–Trinajstić information content (AvgIpc) is 2.67. The third-order valence-corrected chi connectivity index (χ3v) is 4.14. The highest BCUT2D eigenvalue weighted by Crippen LogP contribution is 2.21. The lowest BCUT2D eigenvalue weighted by molar-refractivity contribution is -0.118. The van der Waals surface area contributed by atoms with Crippen LogP contribution < -0.4 is 21.3 Å². The molecule has 0 saturated carbocycles. The second-order valence-corrected chi connectivity index (χ2v) is 8.50. The second-order valence-electron chi connectivity index (χ2n) is 8.50. The fourth-order valence-electron chi connectivity index (χ4n) is 2.70. The van der Waals surface area contributed by atoms with Crippen LogP contribution in [0.25, 0.3) is 0 Å². The molecule has 1 atom stereocenters. The molecule has 0 aliphatic carbocycles. The molecule has 0 saturated heterocycles. The van der Waals surface area contributed by atoms with E-state index in [-0.39, 0.29) is 17.3 Å². The largest absolute Gasteiger partial charge is 0.444 e. The van der Waals surface area contributed by atoms with Crippen molar-refractivity contribution in [2.75, 3.05) is 16.0 Å². The first-order valence-corrected chi connectivity index (χ1v) is 10.2. The van der Waals surface area contributed by atoms with Gasteiger partial charge in [0.1, 0.15) is 17.5 Å². The molecular weight excluding hydrogens is 415 g/mol. The summed E-state index contributed by atoms with van der Waals surface area (Å²) in [6.07, 6.45) is -0.820. The van der Waals surface area contributed by atoms with Gasteiger partial charge in [-0.2, -0.15) is 0 Å². The number of rotatable bonds is 6. The topological polar surface area (TPSA) is 109 Å². The summed E-state index contributed by atoms with van der Waals surface area (Å²) < 4.78 is 19.2. The minimum Gasteiger partial charge on any atom is -0.444 e. The van der Waals surface area contributed by atoms with Gasteiger partial charge >= 0.3 is 12.1 Å². The number of carbonyl (C=O) groups is 3. The molecule has 0 radical (unpaired) electrons. The summed E-state index contributed by atoms with van der Waals surface area (Å²) in [7, 11) is 0. The Kier molecular flexibility index (Phi) is 8.17. The van der Waals surface area contributed by atoms with Gasteiger partial charge in [0.15, 0.2) is 0 Å². The number of hydrogen-bond donors (Lipinski definition) is 4. The van der Waals surface area contributed by atoms with Gasteiger partial charge in [0.2, 0.25) is 5.91 Å². The maximum absolute atomic E-state index is 14.1. The van der Waals surface area contributed by atoms with E-state index in [1.54, 1.807) is 58.9 Å². The highest BCUT2D eigenvalue weighted by molar-refractivity contribution is 5.99. The lowest BCUT2D eigenvalue weighted by Crippen LogP contribution is -2.48. The van der Waals surface area contributed by atoms with Gasteiger partial charge in [0.25, 0.3) is 0 Å². The molecule has 9 heteroatoms. The lowest BCUT2D eigenvalue weighted by atomic mass is 10.0. The number of carbonyl (C=O) groups excluding carboxylic acids is 3. The van der Waals surface area contributed by atoms with Crippen LogP contribution in [0.4, 0.5) is 31.0 Å². The molecule has 0 aliphatic rings. The Labute approximate surface area is 186 Å². The Bertz CT molecular complexity index is 958. The molecule has 0 aromatic heterocycles. The molecule has 0 aliphatic heterocycles. The van der Waals surface area contributed by atoms with Gasteiger partial charge in [0.05, 0.1) is 5.69 Å². The molecule has 0 fully saturated rings. The first-order chi connectivity index (χ1) is 14.9. The van der Waals surface area contributed by atoms with Gasteiger partial charge < -0.3 is 20.7 Å². The molecule has 1 unspecified atom stereocenters. The smallest absolute Gasteiger partial charge is 0.412 e. The second kappa shape index (κ2) is 10.6. The maximum atomic E-state index is 14.1. The molecule has 4 N–H and O–H groups in total. The number of benzene rings is 2. The molecule has 2 aromatic rings. The fraction of sp³-hybridized carbons (Fsp3) is 0.348. The third-order valence-electron chi connectivity index (χ3n) is 4.14. The van der Waals surface area contributed by atoms with E-state index in [1.165, 1.54) is 12.1 Å². The van der Waals surface area contributed by atoms with Crippen molar-refractivity contribution in [3.8, 4) is 0 Å². The summed E-state index contributed by atoms with van der Waals surface area (Å²) in [5, 5.41) is 10.3. The Morgan fingerprint density at radius 1 is 0.906 bits per heavy atom. The average molecular weight is 445 g/mol. The van der Waals surface area contributed by atoms with Crippen molar-refractivity contribution in [2.24, 2.45) is 5.92 Å². The number of hydrogen-bond acceptors (Lipinski definition) is 4. The van der Waals surface area contributed by atoms with Gasteiger partial charge in [0, 0.05) is 11.4 Å². The minimum atomic E-state index is -0.856. The van der Waals surface area contributed by atoms with Crippen LogP contribution in [0.2, 0.25) is 0 Å². The molecule has 172 valence electrons. The first-order valence-electron chi connectivity index (χ1n) is 10.2. The molecule has 8 nitrogen and oxygen atoms in total. The Morgan fingerprint density at radius 2 is 1.56 bits per heavy atom. The van der Waals surface area contributed by atoms with E-state index in [4.69, 9.17) is 4.74 Å². The number of urea groups is 1. The molecular formula is C23H29FN4O4. The van der Waals surface area contributed by atoms with Crippen LogP contribution in [-0.2, 0) is 9.53 Å². The number of ether oxygens (including phenoxy) is 1. The van der Waals surface area contributed by atoms with Crippen molar-refractivity contribution >= 4 is 35.1 Å². The van der Waals surface area contributed by atoms with Crippen LogP contribution >= 0.6 is 0 Å². The Balaban J connectivity index is 2.06. The van der Waals surface area contributed by atoms with Crippen LogP contribution in [-0.4, -0.2) is 29.7 Å². The highest BCUT2D eigenvalue weighted by Gasteiger charge is 2.25. The van der Waals surface area contributed by atoms with Gasteiger partial charge in [-0.3, -0.25) is 10.1 Å². The van der Waals surface area contributed by atoms with Crippen LogP contribution in [0.5, 0.6) is 0 Å². The minimum absolute atomic E-state index is 0.145. The fourth-order valence-corrected chi connectivity index (χ4v) is 2.70. The highest BCUT2D eigenvalue weighted by atomic mass is 19.1. The lowest BCUT2D eigenvalue weighted by Gasteiger charge is -2.22. The van der Waals surface area contributed by atoms with E-state index in [0.717, 1.165) is 6.07 Å². The zero-order valence-corrected chi connectivity index (χ0v) is 18.8. The summed E-state index contributed by atoms with van der Waals surface area (Å²) in [6.45, 7) is 8.63. The molecule has 0 heterocycles. The molecule has 32 heavy (non-hydrogen) atoms. The van der Waals surface area contributed by atoms with Crippen LogP contribution in [0.3, 0.4) is 0 Å². The van der Waals surface area contributed by atoms with E-state index in [9.17, 15) is 18.8 Å². The van der Waals surface area contributed by atoms with Gasteiger partial charge in [-0.15, -0.1) is 0 Å². The van der Waals surface area contributed by atoms with Crippen LogP contribution in [0.1, 0.15) is 34.6 Å². The van der Waals surface area contributed by atoms with Crippen molar-refractivity contribution < 1.29 is 23.5 Å². The van der Waals surface area contributed by atoms with Crippen molar-refractivity contribution in [1.82, 2.24) is 5.32 Å². The number of anilines is 3. The number of amides is 4. The zero-order valence-electron chi connectivity index (χ0n) is 18.8. The quantitative estimate of drug-likeness (QED) is 0.505. The predicted molar refractivity (Wildman–Crippen MR) is 122 cm³/mol. The summed E-state index contributed by atoms with van der Waals surface area (Å²) in [6, 6.07) is 11.2. The predicted octanol–water partition coefficient (Wildman–Crippen LogP) is 4.96. The van der Waals surface area contributed by atoms with Crippen LogP contribution in [0.15, 0.2) is 48.5 Å². The number of halogens is 1. The van der Waals surface area contributed by atoms with Crippen molar-refractivity contribution in [2.45, 2.75) is 46.3 Å². The van der Waals surface area contributed by atoms with E-state index >= 15 is 0 Å². The summed E-state index contributed by atoms with van der Waals surface area (Å²) in [5.74, 6) is -1.40. The summed E-state index contributed by atoms with van der Waals surface area (Å²) in [5.41, 5.74) is -0.0568. The number of para-hydroxylation sites is 1. The van der Waals surface area contributed by atoms with Crippen molar-refractivity contribution in [1.29, 1.82) is 0 Å². The van der Waals surface area contributed by atoms with E-state index in [0.29, 0.717) is 5.69 Å². The summed E-state index contributed by atoms with van der Waals surface area (Å²) in [4.78, 5) is 37.0. The standard InChI is InChI=1S/C23H29FN4O4/c1-14(2)19(28-21(30)26-15-9-7-6-8-10-15)20(29)25-16-11-12-17(24)18(13-16)27-22(31)32-23(3,4)5/h6-14,19H,1-5H3,(H,25,29)(H,27,31)(H2,26,28,30). The molecule has 2 rings (SSSR count). The Hall–Kier alpha value is -3.62. The SMILES string of the molecule is CC(C)C(NC(=O)Nc1ccccc1)C(=O)Nc1ccc(F)c(NC(=O)OC(C)(C)C)c1.